The minimum absolute atomic E-state index is 0.526. The van der Waals surface area contributed by atoms with E-state index in [1.54, 1.807) is 0 Å². The van der Waals surface area contributed by atoms with Gasteiger partial charge in [0, 0.05) is 6.04 Å². The molecule has 0 saturated heterocycles. The van der Waals surface area contributed by atoms with Crippen LogP contribution >= 0.6 is 0 Å². The summed E-state index contributed by atoms with van der Waals surface area (Å²) >= 11 is 0. The number of hydrogen-bond acceptors (Lipinski definition) is 1. The van der Waals surface area contributed by atoms with Crippen molar-refractivity contribution in [2.75, 3.05) is 6.54 Å². The SMILES string of the molecule is CCCCC(CC)CC(NCC)c1ccccc1CC. The summed E-state index contributed by atoms with van der Waals surface area (Å²) in [5.74, 6) is 0.851. The molecule has 0 saturated carbocycles. The van der Waals surface area contributed by atoms with E-state index in [0.29, 0.717) is 6.04 Å². The fourth-order valence-electron chi connectivity index (χ4n) is 3.08. The zero-order valence-electron chi connectivity index (χ0n) is 13.9. The van der Waals surface area contributed by atoms with Crippen LogP contribution in [0.1, 0.15) is 77.0 Å². The minimum Gasteiger partial charge on any atom is -0.310 e. The van der Waals surface area contributed by atoms with E-state index in [4.69, 9.17) is 0 Å². The van der Waals surface area contributed by atoms with Gasteiger partial charge < -0.3 is 5.32 Å². The van der Waals surface area contributed by atoms with Gasteiger partial charge in [0.2, 0.25) is 0 Å². The molecule has 0 bridgehead atoms. The molecule has 1 heteroatoms. The van der Waals surface area contributed by atoms with Gasteiger partial charge >= 0.3 is 0 Å². The molecule has 1 aromatic carbocycles. The molecule has 114 valence electrons. The quantitative estimate of drug-likeness (QED) is 0.594. The number of aryl methyl sites for hydroxylation is 1. The van der Waals surface area contributed by atoms with Gasteiger partial charge in [0.05, 0.1) is 0 Å². The first-order chi connectivity index (χ1) is 9.76. The average molecular weight is 275 g/mol. The molecule has 0 aliphatic carbocycles. The topological polar surface area (TPSA) is 12.0 Å². The van der Waals surface area contributed by atoms with Crippen molar-refractivity contribution in [1.82, 2.24) is 5.32 Å². The smallest absolute Gasteiger partial charge is 0.0325 e. The summed E-state index contributed by atoms with van der Waals surface area (Å²) in [4.78, 5) is 0. The molecule has 1 N–H and O–H groups in total. The normalized spacial score (nSPS) is 14.2. The van der Waals surface area contributed by atoms with Crippen molar-refractivity contribution >= 4 is 0 Å². The molecule has 2 unspecified atom stereocenters. The third kappa shape index (κ3) is 5.28. The Bertz CT molecular complexity index is 359. The zero-order valence-corrected chi connectivity index (χ0v) is 13.9. The Balaban J connectivity index is 2.81. The zero-order chi connectivity index (χ0) is 14.8. The predicted octanol–water partition coefficient (Wildman–Crippen LogP) is 5.51. The third-order valence-electron chi connectivity index (χ3n) is 4.37. The molecule has 0 heterocycles. The highest BCUT2D eigenvalue weighted by Crippen LogP contribution is 2.28. The van der Waals surface area contributed by atoms with Crippen molar-refractivity contribution in [3.05, 3.63) is 35.4 Å². The number of nitrogens with one attached hydrogen (secondary N) is 1. The highest BCUT2D eigenvalue weighted by Gasteiger charge is 2.18. The van der Waals surface area contributed by atoms with Crippen LogP contribution in [0.2, 0.25) is 0 Å². The lowest BCUT2D eigenvalue weighted by atomic mass is 9.87. The van der Waals surface area contributed by atoms with Crippen molar-refractivity contribution in [3.8, 4) is 0 Å². The monoisotopic (exact) mass is 275 g/mol. The van der Waals surface area contributed by atoms with Crippen LogP contribution in [0, 0.1) is 5.92 Å². The average Bonchev–Trinajstić information content (AvgIpc) is 2.50. The van der Waals surface area contributed by atoms with Crippen LogP contribution in [0.5, 0.6) is 0 Å². The highest BCUT2D eigenvalue weighted by atomic mass is 14.9. The molecule has 1 aromatic rings. The summed E-state index contributed by atoms with van der Waals surface area (Å²) in [6.45, 7) is 10.2. The highest BCUT2D eigenvalue weighted by molar-refractivity contribution is 5.30. The van der Waals surface area contributed by atoms with Crippen molar-refractivity contribution in [2.45, 2.75) is 72.3 Å². The van der Waals surface area contributed by atoms with E-state index in [9.17, 15) is 0 Å². The number of hydrogen-bond donors (Lipinski definition) is 1. The molecule has 0 aliphatic heterocycles. The molecule has 0 aromatic heterocycles. The van der Waals surface area contributed by atoms with Gasteiger partial charge in [0.1, 0.15) is 0 Å². The Morgan fingerprint density at radius 3 is 2.40 bits per heavy atom. The number of rotatable bonds is 10. The Kier molecular flexibility index (Phi) is 8.60. The second kappa shape index (κ2) is 9.99. The Morgan fingerprint density at radius 2 is 1.80 bits per heavy atom. The van der Waals surface area contributed by atoms with Crippen LogP contribution in [0.4, 0.5) is 0 Å². The first-order valence-electron chi connectivity index (χ1n) is 8.57. The number of unbranched alkanes of at least 4 members (excludes halogenated alkanes) is 1. The molecule has 0 radical (unpaired) electrons. The molecule has 1 nitrogen and oxygen atoms in total. The molecule has 1 rings (SSSR count). The first-order valence-corrected chi connectivity index (χ1v) is 8.57. The molecule has 20 heavy (non-hydrogen) atoms. The van der Waals surface area contributed by atoms with Crippen LogP contribution in [0.3, 0.4) is 0 Å². The summed E-state index contributed by atoms with van der Waals surface area (Å²) < 4.78 is 0. The van der Waals surface area contributed by atoms with Gasteiger partial charge in [-0.15, -0.1) is 0 Å². The fraction of sp³-hybridized carbons (Fsp3) is 0.684. The number of benzene rings is 1. The van der Waals surface area contributed by atoms with E-state index >= 15 is 0 Å². The van der Waals surface area contributed by atoms with Crippen LogP contribution in [0.25, 0.3) is 0 Å². The summed E-state index contributed by atoms with van der Waals surface area (Å²) in [5.41, 5.74) is 3.02. The van der Waals surface area contributed by atoms with Gasteiger partial charge in [-0.05, 0) is 36.4 Å². The lowest BCUT2D eigenvalue weighted by Gasteiger charge is -2.25. The van der Waals surface area contributed by atoms with Gasteiger partial charge in [-0.3, -0.25) is 0 Å². The van der Waals surface area contributed by atoms with E-state index in [1.165, 1.54) is 43.2 Å². The van der Waals surface area contributed by atoms with Crippen LogP contribution in [0.15, 0.2) is 24.3 Å². The molecular weight excluding hydrogens is 242 g/mol. The molecule has 0 spiro atoms. The van der Waals surface area contributed by atoms with E-state index < -0.39 is 0 Å². The van der Waals surface area contributed by atoms with E-state index in [0.717, 1.165) is 18.9 Å². The second-order valence-corrected chi connectivity index (χ2v) is 5.81. The van der Waals surface area contributed by atoms with E-state index in [1.807, 2.05) is 0 Å². The van der Waals surface area contributed by atoms with Gasteiger partial charge in [0.15, 0.2) is 0 Å². The van der Waals surface area contributed by atoms with Crippen molar-refractivity contribution in [2.24, 2.45) is 5.92 Å². The standard InChI is InChI=1S/C19H33N/c1-5-9-12-16(6-2)15-19(20-8-4)18-14-11-10-13-17(18)7-3/h10-11,13-14,16,19-20H,5-9,12,15H2,1-4H3. The molecule has 2 atom stereocenters. The largest absolute Gasteiger partial charge is 0.310 e. The minimum atomic E-state index is 0.526. The Morgan fingerprint density at radius 1 is 1.05 bits per heavy atom. The second-order valence-electron chi connectivity index (χ2n) is 5.81. The Hall–Kier alpha value is -0.820. The van der Waals surface area contributed by atoms with Crippen LogP contribution in [-0.4, -0.2) is 6.54 Å². The lowest BCUT2D eigenvalue weighted by molar-refractivity contribution is 0.356. The third-order valence-corrected chi connectivity index (χ3v) is 4.37. The van der Waals surface area contributed by atoms with E-state index in [2.05, 4.69) is 57.3 Å². The summed E-state index contributed by atoms with van der Waals surface area (Å²) in [6.07, 6.45) is 7.77. The summed E-state index contributed by atoms with van der Waals surface area (Å²) in [7, 11) is 0. The summed E-state index contributed by atoms with van der Waals surface area (Å²) in [5, 5.41) is 3.71. The van der Waals surface area contributed by atoms with E-state index in [-0.39, 0.29) is 0 Å². The van der Waals surface area contributed by atoms with Crippen LogP contribution in [-0.2, 0) is 6.42 Å². The van der Waals surface area contributed by atoms with Crippen molar-refractivity contribution < 1.29 is 0 Å². The maximum absolute atomic E-state index is 3.71. The fourth-order valence-corrected chi connectivity index (χ4v) is 3.08. The maximum atomic E-state index is 3.71. The van der Waals surface area contributed by atoms with Gasteiger partial charge in [0.25, 0.3) is 0 Å². The molecule has 0 aliphatic rings. The molecular formula is C19H33N. The lowest BCUT2D eigenvalue weighted by Crippen LogP contribution is -2.24. The molecule has 0 amide bonds. The predicted molar refractivity (Wildman–Crippen MR) is 90.2 cm³/mol. The van der Waals surface area contributed by atoms with Crippen molar-refractivity contribution in [3.63, 3.8) is 0 Å². The first kappa shape index (κ1) is 17.2. The summed E-state index contributed by atoms with van der Waals surface area (Å²) in [6, 6.07) is 9.48. The van der Waals surface area contributed by atoms with Gasteiger partial charge in [-0.25, -0.2) is 0 Å². The molecule has 0 fully saturated rings. The van der Waals surface area contributed by atoms with Gasteiger partial charge in [-0.2, -0.15) is 0 Å². The van der Waals surface area contributed by atoms with Crippen LogP contribution < -0.4 is 5.32 Å². The maximum Gasteiger partial charge on any atom is 0.0325 e. The van der Waals surface area contributed by atoms with Gasteiger partial charge in [-0.1, -0.05) is 77.6 Å². The van der Waals surface area contributed by atoms with Crippen molar-refractivity contribution in [1.29, 1.82) is 0 Å². The Labute approximate surface area is 126 Å².